The van der Waals surface area contributed by atoms with E-state index >= 15 is 0 Å². The summed E-state index contributed by atoms with van der Waals surface area (Å²) in [6, 6.07) is 11.2. The van der Waals surface area contributed by atoms with E-state index in [-0.39, 0.29) is 11.3 Å². The zero-order chi connectivity index (χ0) is 18.8. The third kappa shape index (κ3) is 3.14. The molecule has 7 heteroatoms. The molecule has 4 rings (SSSR count). The normalized spacial score (nSPS) is 15.3. The van der Waals surface area contributed by atoms with Crippen molar-refractivity contribution in [2.24, 2.45) is 0 Å². The maximum absolute atomic E-state index is 12.8. The van der Waals surface area contributed by atoms with E-state index in [4.69, 9.17) is 9.47 Å². The number of aromatic nitrogens is 2. The zero-order valence-electron chi connectivity index (χ0n) is 15.0. The standard InChI is InChI=1S/C20H19N3O3S/c1-25-17-7-3-6-14(18(17)26-2)19(24)22-15-8-10-23-16(15)12-27-20(23)13-5-4-9-21-11-13/h3-11,20H,12H2,1-2H3,(H,22,24). The third-order valence-electron chi connectivity index (χ3n) is 4.52. The zero-order valence-corrected chi connectivity index (χ0v) is 15.8. The number of amides is 1. The second kappa shape index (κ2) is 7.36. The molecule has 138 valence electrons. The number of ether oxygens (including phenoxy) is 2. The maximum atomic E-state index is 12.8. The second-order valence-corrected chi connectivity index (χ2v) is 7.10. The van der Waals surface area contributed by atoms with Crippen LogP contribution in [0.1, 0.15) is 27.0 Å². The topological polar surface area (TPSA) is 65.4 Å². The number of nitrogens with zero attached hydrogens (tertiary/aromatic N) is 2. The summed E-state index contributed by atoms with van der Waals surface area (Å²) in [6.07, 6.45) is 5.66. The molecule has 0 fully saturated rings. The molecular formula is C20H19N3O3S. The molecule has 1 unspecified atom stereocenters. The highest BCUT2D eigenvalue weighted by Gasteiger charge is 2.27. The molecule has 6 nitrogen and oxygen atoms in total. The molecule has 0 radical (unpaired) electrons. The van der Waals surface area contributed by atoms with Gasteiger partial charge in [0.2, 0.25) is 0 Å². The van der Waals surface area contributed by atoms with Gasteiger partial charge in [-0.25, -0.2) is 0 Å². The summed E-state index contributed by atoms with van der Waals surface area (Å²) in [4.78, 5) is 17.0. The molecule has 1 aliphatic rings. The summed E-state index contributed by atoms with van der Waals surface area (Å²) >= 11 is 1.81. The SMILES string of the molecule is COc1cccc(C(=O)Nc2ccn3c2CSC3c2cccnc2)c1OC. The van der Waals surface area contributed by atoms with Crippen LogP contribution in [0, 0.1) is 0 Å². The number of pyridine rings is 1. The molecule has 1 amide bonds. The number of methoxy groups -OCH3 is 2. The molecule has 2 aromatic heterocycles. The first-order chi connectivity index (χ1) is 13.2. The quantitative estimate of drug-likeness (QED) is 0.725. The predicted octanol–water partition coefficient (Wildman–Crippen LogP) is 3.95. The van der Waals surface area contributed by atoms with Gasteiger partial charge in [-0.15, -0.1) is 11.8 Å². The van der Waals surface area contributed by atoms with Crippen molar-refractivity contribution in [2.75, 3.05) is 19.5 Å². The highest BCUT2D eigenvalue weighted by atomic mass is 32.2. The van der Waals surface area contributed by atoms with E-state index in [1.165, 1.54) is 7.11 Å². The van der Waals surface area contributed by atoms with Crippen molar-refractivity contribution >= 4 is 23.4 Å². The molecule has 1 aromatic carbocycles. The summed E-state index contributed by atoms with van der Waals surface area (Å²) in [7, 11) is 3.08. The smallest absolute Gasteiger partial charge is 0.259 e. The fraction of sp³-hybridized carbons (Fsp3) is 0.200. The van der Waals surface area contributed by atoms with Crippen molar-refractivity contribution in [1.82, 2.24) is 9.55 Å². The lowest BCUT2D eigenvalue weighted by molar-refractivity contribution is 0.102. The molecule has 1 aliphatic heterocycles. The molecule has 3 aromatic rings. The fourth-order valence-electron chi connectivity index (χ4n) is 3.24. The van der Waals surface area contributed by atoms with Gasteiger partial charge in [0, 0.05) is 29.9 Å². The summed E-state index contributed by atoms with van der Waals surface area (Å²) in [5.74, 6) is 1.54. The molecule has 0 spiro atoms. The van der Waals surface area contributed by atoms with E-state index in [0.717, 1.165) is 22.7 Å². The van der Waals surface area contributed by atoms with E-state index < -0.39 is 0 Å². The lowest BCUT2D eigenvalue weighted by Gasteiger charge is -2.13. The van der Waals surface area contributed by atoms with Gasteiger partial charge in [-0.2, -0.15) is 0 Å². The lowest BCUT2D eigenvalue weighted by atomic mass is 10.1. The van der Waals surface area contributed by atoms with Gasteiger partial charge in [-0.1, -0.05) is 12.1 Å². The molecule has 0 bridgehead atoms. The summed E-state index contributed by atoms with van der Waals surface area (Å²) in [6.45, 7) is 0. The third-order valence-corrected chi connectivity index (χ3v) is 5.78. The second-order valence-electron chi connectivity index (χ2n) is 6.03. The van der Waals surface area contributed by atoms with Crippen molar-refractivity contribution in [3.8, 4) is 11.5 Å². The Bertz CT molecular complexity index is 972. The van der Waals surface area contributed by atoms with Crippen LogP contribution in [0.2, 0.25) is 0 Å². The van der Waals surface area contributed by atoms with Crippen LogP contribution < -0.4 is 14.8 Å². The van der Waals surface area contributed by atoms with E-state index in [2.05, 4.69) is 20.9 Å². The van der Waals surface area contributed by atoms with Crippen LogP contribution in [0.15, 0.2) is 55.0 Å². The predicted molar refractivity (Wildman–Crippen MR) is 106 cm³/mol. The van der Waals surface area contributed by atoms with Gasteiger partial charge in [0.1, 0.15) is 5.37 Å². The van der Waals surface area contributed by atoms with Crippen LogP contribution in [-0.2, 0) is 5.75 Å². The van der Waals surface area contributed by atoms with Crippen LogP contribution in [0.3, 0.4) is 0 Å². The number of anilines is 1. The molecule has 1 N–H and O–H groups in total. The minimum absolute atomic E-state index is 0.172. The van der Waals surface area contributed by atoms with Gasteiger partial charge in [0.25, 0.3) is 5.91 Å². The van der Waals surface area contributed by atoms with Crippen LogP contribution in [0.25, 0.3) is 0 Å². The van der Waals surface area contributed by atoms with Crippen LogP contribution in [-0.4, -0.2) is 29.7 Å². The van der Waals surface area contributed by atoms with Gasteiger partial charge in [-0.3, -0.25) is 9.78 Å². The summed E-state index contributed by atoms with van der Waals surface area (Å²) < 4.78 is 12.8. The molecule has 0 saturated heterocycles. The van der Waals surface area contributed by atoms with Crippen molar-refractivity contribution in [3.63, 3.8) is 0 Å². The minimum Gasteiger partial charge on any atom is -0.493 e. The first-order valence-electron chi connectivity index (χ1n) is 8.46. The largest absolute Gasteiger partial charge is 0.493 e. The Labute approximate surface area is 161 Å². The Balaban J connectivity index is 1.60. The van der Waals surface area contributed by atoms with Crippen LogP contribution >= 0.6 is 11.8 Å². The highest BCUT2D eigenvalue weighted by molar-refractivity contribution is 7.99. The van der Waals surface area contributed by atoms with Gasteiger partial charge < -0.3 is 19.4 Å². The van der Waals surface area contributed by atoms with Gasteiger partial charge in [-0.05, 0) is 24.3 Å². The van der Waals surface area contributed by atoms with E-state index in [0.29, 0.717) is 17.1 Å². The number of para-hydroxylation sites is 1. The number of rotatable bonds is 5. The number of hydrogen-bond acceptors (Lipinski definition) is 5. The number of thioether (sulfide) groups is 1. The van der Waals surface area contributed by atoms with Crippen molar-refractivity contribution < 1.29 is 14.3 Å². The van der Waals surface area contributed by atoms with E-state index in [1.54, 1.807) is 31.5 Å². The monoisotopic (exact) mass is 381 g/mol. The maximum Gasteiger partial charge on any atom is 0.259 e. The number of fused-ring (bicyclic) bond motifs is 1. The van der Waals surface area contributed by atoms with Gasteiger partial charge >= 0.3 is 0 Å². The van der Waals surface area contributed by atoms with Crippen molar-refractivity contribution in [3.05, 3.63) is 71.8 Å². The first kappa shape index (κ1) is 17.5. The Hall–Kier alpha value is -2.93. The van der Waals surface area contributed by atoms with Crippen LogP contribution in [0.4, 0.5) is 5.69 Å². The number of nitrogens with one attached hydrogen (secondary N) is 1. The average molecular weight is 381 g/mol. The molecule has 1 atom stereocenters. The highest BCUT2D eigenvalue weighted by Crippen LogP contribution is 2.43. The Morgan fingerprint density at radius 2 is 2.11 bits per heavy atom. The number of benzene rings is 1. The first-order valence-corrected chi connectivity index (χ1v) is 9.51. The van der Waals surface area contributed by atoms with E-state index in [9.17, 15) is 4.79 Å². The average Bonchev–Trinajstić information content (AvgIpc) is 3.30. The van der Waals surface area contributed by atoms with Crippen LogP contribution in [0.5, 0.6) is 11.5 Å². The molecule has 0 aliphatic carbocycles. The molecule has 3 heterocycles. The number of carbonyl (C=O) groups is 1. The van der Waals surface area contributed by atoms with E-state index in [1.807, 2.05) is 36.3 Å². The summed E-state index contributed by atoms with van der Waals surface area (Å²) in [5.41, 5.74) is 3.48. The van der Waals surface area contributed by atoms with Crippen molar-refractivity contribution in [1.29, 1.82) is 0 Å². The lowest BCUT2D eigenvalue weighted by Crippen LogP contribution is -2.14. The Kier molecular flexibility index (Phi) is 4.77. The number of carbonyl (C=O) groups excluding carboxylic acids is 1. The van der Waals surface area contributed by atoms with Gasteiger partial charge in [0.15, 0.2) is 11.5 Å². The Morgan fingerprint density at radius 1 is 1.22 bits per heavy atom. The summed E-state index contributed by atoms with van der Waals surface area (Å²) in [5, 5.41) is 3.18. The minimum atomic E-state index is -0.227. The Morgan fingerprint density at radius 3 is 2.85 bits per heavy atom. The molecule has 0 saturated carbocycles. The van der Waals surface area contributed by atoms with Crippen molar-refractivity contribution in [2.45, 2.75) is 11.1 Å². The molecule has 27 heavy (non-hydrogen) atoms. The van der Waals surface area contributed by atoms with Gasteiger partial charge in [0.05, 0.1) is 31.2 Å². The number of hydrogen-bond donors (Lipinski definition) is 1. The fourth-order valence-corrected chi connectivity index (χ4v) is 4.55. The molecular weight excluding hydrogens is 362 g/mol.